The molecule has 5 heteroatoms. The minimum Gasteiger partial charge on any atom is -0.398 e. The molecule has 0 amide bonds. The van der Waals surface area contributed by atoms with Gasteiger partial charge < -0.3 is 5.73 Å². The minimum atomic E-state index is -0.645. The Bertz CT molecular complexity index is 960. The van der Waals surface area contributed by atoms with E-state index < -0.39 is 11.6 Å². The first-order chi connectivity index (χ1) is 11.5. The summed E-state index contributed by atoms with van der Waals surface area (Å²) in [6, 6.07) is 8.52. The van der Waals surface area contributed by atoms with Crippen LogP contribution in [0.1, 0.15) is 23.2 Å². The third-order valence-corrected chi connectivity index (χ3v) is 4.32. The van der Waals surface area contributed by atoms with Gasteiger partial charge in [-0.1, -0.05) is 6.07 Å². The maximum Gasteiger partial charge on any atom is 0.169 e. The molecule has 0 atom stereocenters. The van der Waals surface area contributed by atoms with E-state index in [4.69, 9.17) is 5.73 Å². The molecule has 3 aromatic rings. The van der Waals surface area contributed by atoms with E-state index in [2.05, 4.69) is 4.98 Å². The minimum absolute atomic E-state index is 0.0177. The summed E-state index contributed by atoms with van der Waals surface area (Å²) in [4.78, 5) is 16.6. The fraction of sp³-hybridized carbons (Fsp3) is 0.158. The van der Waals surface area contributed by atoms with Crippen molar-refractivity contribution in [2.75, 3.05) is 5.73 Å². The molecule has 3 nitrogen and oxygen atoms in total. The van der Waals surface area contributed by atoms with Crippen molar-refractivity contribution in [2.45, 2.75) is 12.8 Å². The first kappa shape index (κ1) is 14.8. The number of nitrogens with two attached hydrogens (primary N) is 1. The maximum absolute atomic E-state index is 13.5. The lowest BCUT2D eigenvalue weighted by Crippen LogP contribution is -2.07. The van der Waals surface area contributed by atoms with E-state index in [-0.39, 0.29) is 11.7 Å². The molecule has 120 valence electrons. The highest BCUT2D eigenvalue weighted by Crippen LogP contribution is 2.36. The Labute approximate surface area is 137 Å². The van der Waals surface area contributed by atoms with Gasteiger partial charge in [-0.15, -0.1) is 0 Å². The lowest BCUT2D eigenvalue weighted by atomic mass is 9.99. The van der Waals surface area contributed by atoms with Crippen LogP contribution >= 0.6 is 0 Å². The monoisotopic (exact) mass is 324 g/mol. The Balaban J connectivity index is 1.87. The number of benzene rings is 2. The standard InChI is InChI=1S/C19H14F2N2O/c20-13-5-12(6-14(21)8-13)11-3-4-17-15(7-11)18(22)16(9-23-17)19(24)10-1-2-10/h3-10H,1-2H2,(H2,22,23). The first-order valence-corrected chi connectivity index (χ1v) is 7.72. The molecule has 0 spiro atoms. The number of pyridine rings is 1. The predicted molar refractivity (Wildman–Crippen MR) is 88.6 cm³/mol. The fourth-order valence-corrected chi connectivity index (χ4v) is 2.87. The third-order valence-electron chi connectivity index (χ3n) is 4.32. The summed E-state index contributed by atoms with van der Waals surface area (Å²) in [6.45, 7) is 0. The number of nitrogens with zero attached hydrogens (tertiary/aromatic N) is 1. The van der Waals surface area contributed by atoms with Gasteiger partial charge in [0.15, 0.2) is 5.78 Å². The van der Waals surface area contributed by atoms with Gasteiger partial charge in [-0.25, -0.2) is 8.78 Å². The van der Waals surface area contributed by atoms with Crippen molar-refractivity contribution in [1.29, 1.82) is 0 Å². The van der Waals surface area contributed by atoms with Crippen molar-refractivity contribution < 1.29 is 13.6 Å². The number of rotatable bonds is 3. The average molecular weight is 324 g/mol. The number of Topliss-reactive ketones (excluding diaryl/α,β-unsaturated/α-hetero) is 1. The summed E-state index contributed by atoms with van der Waals surface area (Å²) >= 11 is 0. The van der Waals surface area contributed by atoms with E-state index >= 15 is 0 Å². The number of fused-ring (bicyclic) bond motifs is 1. The van der Waals surface area contributed by atoms with Gasteiger partial charge in [0.05, 0.1) is 16.8 Å². The average Bonchev–Trinajstić information content (AvgIpc) is 3.38. The molecular formula is C19H14F2N2O. The molecule has 0 bridgehead atoms. The molecule has 1 aromatic heterocycles. The Hall–Kier alpha value is -2.82. The van der Waals surface area contributed by atoms with Crippen LogP contribution in [0.5, 0.6) is 0 Å². The van der Waals surface area contributed by atoms with Crippen molar-refractivity contribution in [3.8, 4) is 11.1 Å². The van der Waals surface area contributed by atoms with Gasteiger partial charge >= 0.3 is 0 Å². The third kappa shape index (κ3) is 2.52. The Morgan fingerprint density at radius 3 is 2.42 bits per heavy atom. The number of aromatic nitrogens is 1. The molecule has 0 aliphatic heterocycles. The Morgan fingerprint density at radius 2 is 1.75 bits per heavy atom. The second kappa shape index (κ2) is 5.37. The van der Waals surface area contributed by atoms with Crippen LogP contribution in [-0.4, -0.2) is 10.8 Å². The Morgan fingerprint density at radius 1 is 1.04 bits per heavy atom. The first-order valence-electron chi connectivity index (χ1n) is 7.72. The second-order valence-electron chi connectivity index (χ2n) is 6.11. The molecule has 1 saturated carbocycles. The van der Waals surface area contributed by atoms with Gasteiger partial charge in [-0.3, -0.25) is 9.78 Å². The summed E-state index contributed by atoms with van der Waals surface area (Å²) in [5, 5.41) is 0.615. The zero-order valence-electron chi connectivity index (χ0n) is 12.7. The van der Waals surface area contributed by atoms with E-state index in [0.717, 1.165) is 18.9 Å². The van der Waals surface area contributed by atoms with Crippen molar-refractivity contribution in [3.63, 3.8) is 0 Å². The number of nitrogen functional groups attached to an aromatic ring is 1. The van der Waals surface area contributed by atoms with Gasteiger partial charge in [0, 0.05) is 23.6 Å². The second-order valence-corrected chi connectivity index (χ2v) is 6.11. The lowest BCUT2D eigenvalue weighted by molar-refractivity contribution is 0.0968. The smallest absolute Gasteiger partial charge is 0.169 e. The summed E-state index contributed by atoms with van der Waals surface area (Å²) in [5.41, 5.74) is 8.64. The number of ketones is 1. The molecule has 1 aliphatic carbocycles. The quantitative estimate of drug-likeness (QED) is 0.729. The van der Waals surface area contributed by atoms with E-state index in [9.17, 15) is 13.6 Å². The largest absolute Gasteiger partial charge is 0.398 e. The number of hydrogen-bond donors (Lipinski definition) is 1. The van der Waals surface area contributed by atoms with Crippen LogP contribution in [0, 0.1) is 17.6 Å². The normalized spacial score (nSPS) is 14.1. The predicted octanol–water partition coefficient (Wildman–Crippen LogP) is 4.35. The topological polar surface area (TPSA) is 56.0 Å². The van der Waals surface area contributed by atoms with Gasteiger partial charge in [-0.2, -0.15) is 0 Å². The van der Waals surface area contributed by atoms with Crippen LogP contribution < -0.4 is 5.73 Å². The molecule has 0 radical (unpaired) electrons. The van der Waals surface area contributed by atoms with E-state index in [0.29, 0.717) is 33.3 Å². The number of halogens is 2. The number of hydrogen-bond acceptors (Lipinski definition) is 3. The summed E-state index contributed by atoms with van der Waals surface area (Å²) < 4.78 is 26.9. The van der Waals surface area contributed by atoms with Crippen LogP contribution in [-0.2, 0) is 0 Å². The summed E-state index contributed by atoms with van der Waals surface area (Å²) in [5.74, 6) is -1.22. The van der Waals surface area contributed by atoms with Crippen molar-refractivity contribution in [2.24, 2.45) is 5.92 Å². The van der Waals surface area contributed by atoms with Crippen molar-refractivity contribution in [3.05, 3.63) is 59.8 Å². The maximum atomic E-state index is 13.5. The van der Waals surface area contributed by atoms with Gasteiger partial charge in [0.2, 0.25) is 0 Å². The van der Waals surface area contributed by atoms with Crippen molar-refractivity contribution in [1.82, 2.24) is 4.98 Å². The zero-order valence-corrected chi connectivity index (χ0v) is 12.7. The molecule has 2 N–H and O–H groups in total. The molecule has 24 heavy (non-hydrogen) atoms. The van der Waals surface area contributed by atoms with Crippen LogP contribution in [0.2, 0.25) is 0 Å². The number of carbonyl (C=O) groups is 1. The number of anilines is 1. The molecule has 1 aliphatic rings. The highest BCUT2D eigenvalue weighted by Gasteiger charge is 2.32. The summed E-state index contributed by atoms with van der Waals surface area (Å²) in [6.07, 6.45) is 3.29. The van der Waals surface area contributed by atoms with E-state index in [1.807, 2.05) is 0 Å². The molecule has 1 fully saturated rings. The molecule has 0 unspecified atom stereocenters. The van der Waals surface area contributed by atoms with Gasteiger partial charge in [0.25, 0.3) is 0 Å². The lowest BCUT2D eigenvalue weighted by Gasteiger charge is -2.10. The van der Waals surface area contributed by atoms with Crippen LogP contribution in [0.25, 0.3) is 22.0 Å². The van der Waals surface area contributed by atoms with Gasteiger partial charge in [-0.05, 0) is 48.2 Å². The fourth-order valence-electron chi connectivity index (χ4n) is 2.87. The molecule has 1 heterocycles. The summed E-state index contributed by atoms with van der Waals surface area (Å²) in [7, 11) is 0. The van der Waals surface area contributed by atoms with E-state index in [1.54, 1.807) is 18.2 Å². The molecule has 4 rings (SSSR count). The van der Waals surface area contributed by atoms with Crippen molar-refractivity contribution >= 4 is 22.4 Å². The van der Waals surface area contributed by atoms with Crippen LogP contribution in [0.4, 0.5) is 14.5 Å². The molecule has 0 saturated heterocycles. The zero-order chi connectivity index (χ0) is 16.8. The van der Waals surface area contributed by atoms with Crippen LogP contribution in [0.15, 0.2) is 42.6 Å². The van der Waals surface area contributed by atoms with E-state index in [1.165, 1.54) is 18.3 Å². The Kier molecular flexibility index (Phi) is 3.30. The highest BCUT2D eigenvalue weighted by molar-refractivity contribution is 6.09. The van der Waals surface area contributed by atoms with Crippen LogP contribution in [0.3, 0.4) is 0 Å². The highest BCUT2D eigenvalue weighted by atomic mass is 19.1. The SMILES string of the molecule is Nc1c(C(=O)C2CC2)cnc2ccc(-c3cc(F)cc(F)c3)cc12. The van der Waals surface area contributed by atoms with Gasteiger partial charge in [0.1, 0.15) is 11.6 Å². The molecule has 2 aromatic carbocycles. The molecular weight excluding hydrogens is 310 g/mol. The number of carbonyl (C=O) groups excluding carboxylic acids is 1.